The average molecular weight is 245 g/mol. The van der Waals surface area contributed by atoms with E-state index in [-0.39, 0.29) is 0 Å². The molecular formula is C15H23N3. The number of hydrogen-bond donors (Lipinski definition) is 2. The molecule has 0 aromatic carbocycles. The Morgan fingerprint density at radius 1 is 1.17 bits per heavy atom. The van der Waals surface area contributed by atoms with E-state index in [0.717, 1.165) is 30.7 Å². The van der Waals surface area contributed by atoms with Crippen LogP contribution in [0, 0.1) is 17.8 Å². The van der Waals surface area contributed by atoms with Crippen molar-refractivity contribution in [3.63, 3.8) is 0 Å². The second-order valence-electron chi connectivity index (χ2n) is 7.00. The van der Waals surface area contributed by atoms with Crippen molar-refractivity contribution in [1.29, 1.82) is 0 Å². The second-order valence-corrected chi connectivity index (χ2v) is 7.00. The first-order chi connectivity index (χ1) is 8.79. The molecule has 18 heavy (non-hydrogen) atoms. The fourth-order valence-electron chi connectivity index (χ4n) is 5.55. The van der Waals surface area contributed by atoms with Crippen LogP contribution in [0.4, 0.5) is 0 Å². The SMILES string of the molecule is NCCc1[nH]ncc1C12CC3CC(CC(C3)C1)C2. The maximum absolute atomic E-state index is 5.73. The van der Waals surface area contributed by atoms with E-state index in [2.05, 4.69) is 16.4 Å². The summed E-state index contributed by atoms with van der Waals surface area (Å²) in [7, 11) is 0. The van der Waals surface area contributed by atoms with Crippen LogP contribution >= 0.6 is 0 Å². The quantitative estimate of drug-likeness (QED) is 0.859. The Morgan fingerprint density at radius 3 is 2.33 bits per heavy atom. The van der Waals surface area contributed by atoms with Gasteiger partial charge in [0.15, 0.2) is 0 Å². The molecule has 3 nitrogen and oxygen atoms in total. The highest BCUT2D eigenvalue weighted by atomic mass is 15.1. The summed E-state index contributed by atoms with van der Waals surface area (Å²) in [5.74, 6) is 2.99. The number of nitrogens with zero attached hydrogens (tertiary/aromatic N) is 1. The summed E-state index contributed by atoms with van der Waals surface area (Å²) < 4.78 is 0. The van der Waals surface area contributed by atoms with Gasteiger partial charge in [0.25, 0.3) is 0 Å². The Kier molecular flexibility index (Phi) is 2.35. The maximum atomic E-state index is 5.73. The van der Waals surface area contributed by atoms with E-state index in [0.29, 0.717) is 5.41 Å². The summed E-state index contributed by atoms with van der Waals surface area (Å²) in [5, 5.41) is 7.52. The molecule has 4 fully saturated rings. The Morgan fingerprint density at radius 2 is 1.78 bits per heavy atom. The van der Waals surface area contributed by atoms with Gasteiger partial charge in [0.2, 0.25) is 0 Å². The van der Waals surface area contributed by atoms with Gasteiger partial charge in [-0.1, -0.05) is 0 Å². The van der Waals surface area contributed by atoms with Crippen molar-refractivity contribution in [2.24, 2.45) is 23.5 Å². The molecule has 3 N–H and O–H groups in total. The van der Waals surface area contributed by atoms with E-state index in [4.69, 9.17) is 5.73 Å². The van der Waals surface area contributed by atoms with E-state index in [1.165, 1.54) is 49.8 Å². The van der Waals surface area contributed by atoms with Crippen LogP contribution in [0.1, 0.15) is 49.8 Å². The molecule has 5 rings (SSSR count). The van der Waals surface area contributed by atoms with Gasteiger partial charge in [0, 0.05) is 12.1 Å². The molecule has 0 amide bonds. The fourth-order valence-corrected chi connectivity index (χ4v) is 5.55. The van der Waals surface area contributed by atoms with Crippen molar-refractivity contribution < 1.29 is 0 Å². The number of H-pyrrole nitrogens is 1. The lowest BCUT2D eigenvalue weighted by molar-refractivity contribution is -0.00555. The third kappa shape index (κ3) is 1.49. The molecular weight excluding hydrogens is 222 g/mol. The molecule has 0 saturated heterocycles. The van der Waals surface area contributed by atoms with Crippen molar-refractivity contribution in [3.05, 3.63) is 17.5 Å². The Bertz CT molecular complexity index is 413. The summed E-state index contributed by atoms with van der Waals surface area (Å²) in [6.07, 6.45) is 11.8. The number of aromatic amines is 1. The summed E-state index contributed by atoms with van der Waals surface area (Å²) >= 11 is 0. The summed E-state index contributed by atoms with van der Waals surface area (Å²) in [6.45, 7) is 0.724. The van der Waals surface area contributed by atoms with Gasteiger partial charge >= 0.3 is 0 Å². The van der Waals surface area contributed by atoms with Crippen molar-refractivity contribution in [3.8, 4) is 0 Å². The van der Waals surface area contributed by atoms with Gasteiger partial charge < -0.3 is 5.73 Å². The zero-order valence-electron chi connectivity index (χ0n) is 11.0. The van der Waals surface area contributed by atoms with Gasteiger partial charge in [0.1, 0.15) is 0 Å². The minimum absolute atomic E-state index is 0.465. The molecule has 4 bridgehead atoms. The van der Waals surface area contributed by atoms with Crippen molar-refractivity contribution >= 4 is 0 Å². The number of hydrogen-bond acceptors (Lipinski definition) is 2. The molecule has 1 aromatic heterocycles. The van der Waals surface area contributed by atoms with Crippen molar-refractivity contribution in [2.75, 3.05) is 6.54 Å². The summed E-state index contributed by atoms with van der Waals surface area (Å²) in [6, 6.07) is 0. The van der Waals surface area contributed by atoms with Gasteiger partial charge in [-0.25, -0.2) is 0 Å². The van der Waals surface area contributed by atoms with Crippen LogP contribution in [0.5, 0.6) is 0 Å². The van der Waals surface area contributed by atoms with Gasteiger partial charge in [-0.3, -0.25) is 5.10 Å². The molecule has 3 heteroatoms. The minimum Gasteiger partial charge on any atom is -0.330 e. The highest BCUT2D eigenvalue weighted by Crippen LogP contribution is 2.60. The molecule has 1 heterocycles. The standard InChI is InChI=1S/C15H23N3/c16-2-1-14-13(9-17-18-14)15-6-10-3-11(7-15)5-12(4-10)8-15/h9-12H,1-8,16H2,(H,17,18). The van der Waals surface area contributed by atoms with E-state index >= 15 is 0 Å². The zero-order chi connectivity index (χ0) is 12.2. The third-order valence-corrected chi connectivity index (χ3v) is 5.72. The molecule has 4 aliphatic rings. The number of nitrogens with two attached hydrogens (primary N) is 1. The van der Waals surface area contributed by atoms with Crippen LogP contribution in [0.2, 0.25) is 0 Å². The van der Waals surface area contributed by atoms with Crippen molar-refractivity contribution in [2.45, 2.75) is 50.4 Å². The molecule has 4 saturated carbocycles. The predicted octanol–water partition coefficient (Wildman–Crippen LogP) is 2.38. The highest BCUT2D eigenvalue weighted by molar-refractivity contribution is 5.31. The Labute approximate surface area is 109 Å². The van der Waals surface area contributed by atoms with Crippen LogP contribution in [0.15, 0.2) is 6.20 Å². The summed E-state index contributed by atoms with van der Waals surface area (Å²) in [4.78, 5) is 0. The molecule has 98 valence electrons. The number of aromatic nitrogens is 2. The smallest absolute Gasteiger partial charge is 0.0527 e. The maximum Gasteiger partial charge on any atom is 0.0527 e. The van der Waals surface area contributed by atoms with E-state index in [1.54, 1.807) is 0 Å². The Balaban J connectivity index is 1.72. The first-order valence-electron chi connectivity index (χ1n) is 7.52. The van der Waals surface area contributed by atoms with Crippen LogP contribution in [0.25, 0.3) is 0 Å². The normalized spacial score (nSPS) is 41.5. The van der Waals surface area contributed by atoms with Crippen LogP contribution < -0.4 is 5.73 Å². The summed E-state index contributed by atoms with van der Waals surface area (Å²) in [5.41, 5.74) is 9.04. The van der Waals surface area contributed by atoms with E-state index in [9.17, 15) is 0 Å². The van der Waals surface area contributed by atoms with Crippen molar-refractivity contribution in [1.82, 2.24) is 10.2 Å². The lowest BCUT2D eigenvalue weighted by Crippen LogP contribution is -2.48. The van der Waals surface area contributed by atoms with Gasteiger partial charge in [0.05, 0.1) is 6.20 Å². The van der Waals surface area contributed by atoms with Crippen LogP contribution in [-0.2, 0) is 11.8 Å². The van der Waals surface area contributed by atoms with Crippen LogP contribution in [-0.4, -0.2) is 16.7 Å². The van der Waals surface area contributed by atoms with Gasteiger partial charge in [-0.05, 0) is 73.8 Å². The fraction of sp³-hybridized carbons (Fsp3) is 0.800. The Hall–Kier alpha value is -0.830. The first-order valence-corrected chi connectivity index (χ1v) is 7.52. The third-order valence-electron chi connectivity index (χ3n) is 5.72. The van der Waals surface area contributed by atoms with E-state index in [1.807, 2.05) is 0 Å². The van der Waals surface area contributed by atoms with Gasteiger partial charge in [-0.2, -0.15) is 5.10 Å². The topological polar surface area (TPSA) is 54.7 Å². The predicted molar refractivity (Wildman–Crippen MR) is 71.2 cm³/mol. The molecule has 0 radical (unpaired) electrons. The monoisotopic (exact) mass is 245 g/mol. The molecule has 0 aliphatic heterocycles. The molecule has 4 aliphatic carbocycles. The molecule has 0 atom stereocenters. The van der Waals surface area contributed by atoms with Gasteiger partial charge in [-0.15, -0.1) is 0 Å². The van der Waals surface area contributed by atoms with E-state index < -0.39 is 0 Å². The largest absolute Gasteiger partial charge is 0.330 e. The molecule has 0 unspecified atom stereocenters. The number of nitrogens with one attached hydrogen (secondary N) is 1. The minimum atomic E-state index is 0.465. The average Bonchev–Trinajstić information content (AvgIpc) is 2.76. The first kappa shape index (κ1) is 11.0. The highest BCUT2D eigenvalue weighted by Gasteiger charge is 2.52. The zero-order valence-corrected chi connectivity index (χ0v) is 11.0. The van der Waals surface area contributed by atoms with Crippen LogP contribution in [0.3, 0.4) is 0 Å². The molecule has 1 aromatic rings. The number of rotatable bonds is 3. The lowest BCUT2D eigenvalue weighted by Gasteiger charge is -2.57. The second kappa shape index (κ2) is 3.83. The lowest BCUT2D eigenvalue weighted by atomic mass is 9.48. The molecule has 0 spiro atoms.